The lowest BCUT2D eigenvalue weighted by Gasteiger charge is -2.12. The number of hydrogen-bond acceptors (Lipinski definition) is 4. The lowest BCUT2D eigenvalue weighted by Crippen LogP contribution is -2.24. The van der Waals surface area contributed by atoms with Gasteiger partial charge in [-0.15, -0.1) is 0 Å². The highest BCUT2D eigenvalue weighted by atomic mass is 16.5. The van der Waals surface area contributed by atoms with E-state index in [1.165, 1.54) is 0 Å². The highest BCUT2D eigenvalue weighted by Gasteiger charge is 2.17. The van der Waals surface area contributed by atoms with Gasteiger partial charge in [0, 0.05) is 6.42 Å². The summed E-state index contributed by atoms with van der Waals surface area (Å²) in [5.74, 6) is 0.415. The van der Waals surface area contributed by atoms with Crippen LogP contribution in [0.3, 0.4) is 0 Å². The highest BCUT2D eigenvalue weighted by molar-refractivity contribution is 5.72. The fourth-order valence-corrected chi connectivity index (χ4v) is 2.03. The molecule has 0 aromatic carbocycles. The zero-order valence-electron chi connectivity index (χ0n) is 12.8. The van der Waals surface area contributed by atoms with E-state index < -0.39 is 0 Å². The smallest absolute Gasteiger partial charge is 0.310 e. The fraction of sp³-hybridized carbons (Fsp3) is 0.667. The number of carbonyl (C=O) groups is 1. The van der Waals surface area contributed by atoms with Crippen molar-refractivity contribution < 1.29 is 9.53 Å². The number of rotatable bonds is 7. The molecule has 0 spiro atoms. The van der Waals surface area contributed by atoms with Crippen LogP contribution in [0.1, 0.15) is 63.5 Å². The maximum Gasteiger partial charge on any atom is 0.310 e. The van der Waals surface area contributed by atoms with E-state index in [4.69, 9.17) is 4.74 Å². The first-order chi connectivity index (χ1) is 9.49. The van der Waals surface area contributed by atoms with Crippen LogP contribution >= 0.6 is 0 Å². The Balaban J connectivity index is 3.09. The molecule has 1 rings (SSSR count). The Morgan fingerprint density at radius 3 is 2.60 bits per heavy atom. The van der Waals surface area contributed by atoms with Crippen molar-refractivity contribution in [3.05, 3.63) is 27.4 Å². The van der Waals surface area contributed by atoms with Crippen LogP contribution < -0.4 is 5.56 Å². The topological polar surface area (TPSA) is 72.0 Å². The second kappa shape index (κ2) is 7.82. The Morgan fingerprint density at radius 1 is 1.35 bits per heavy atom. The molecule has 1 N–H and O–H groups in total. The monoisotopic (exact) mass is 280 g/mol. The number of H-pyrrole nitrogens is 1. The zero-order chi connectivity index (χ0) is 15.1. The highest BCUT2D eigenvalue weighted by Crippen LogP contribution is 2.15. The molecule has 0 unspecified atom stereocenters. The minimum atomic E-state index is -0.386. The van der Waals surface area contributed by atoms with Gasteiger partial charge in [0.1, 0.15) is 5.82 Å². The number of nitrogens with zero attached hydrogens (tertiary/aromatic N) is 1. The van der Waals surface area contributed by atoms with Gasteiger partial charge in [-0.2, -0.15) is 0 Å². The number of esters is 1. The van der Waals surface area contributed by atoms with Gasteiger partial charge < -0.3 is 9.72 Å². The quantitative estimate of drug-likeness (QED) is 0.778. The predicted octanol–water partition coefficient (Wildman–Crippen LogP) is 2.34. The molecule has 1 heterocycles. The first-order valence-electron chi connectivity index (χ1n) is 7.27. The molecular formula is C15H24N2O3. The molecule has 0 saturated heterocycles. The molecule has 0 bridgehead atoms. The molecule has 0 aliphatic rings. The van der Waals surface area contributed by atoms with E-state index in [0.717, 1.165) is 19.3 Å². The molecule has 20 heavy (non-hydrogen) atoms. The Morgan fingerprint density at radius 2 is 2.05 bits per heavy atom. The van der Waals surface area contributed by atoms with Crippen LogP contribution in [-0.4, -0.2) is 22.5 Å². The molecule has 0 saturated carbocycles. The molecule has 0 aliphatic carbocycles. The molecule has 112 valence electrons. The SMILES string of the molecule is CCCCc1nc(C(C)C)c(CC(=O)OCC)c(=O)[nH]1. The van der Waals surface area contributed by atoms with Gasteiger partial charge in [-0.3, -0.25) is 9.59 Å². The number of nitrogens with one attached hydrogen (secondary N) is 1. The van der Waals surface area contributed by atoms with Crippen molar-refractivity contribution in [2.45, 2.75) is 59.3 Å². The molecule has 0 radical (unpaired) electrons. The van der Waals surface area contributed by atoms with Crippen LogP contribution in [0.2, 0.25) is 0 Å². The van der Waals surface area contributed by atoms with Gasteiger partial charge in [0.2, 0.25) is 0 Å². The van der Waals surface area contributed by atoms with Crippen LogP contribution in [0.5, 0.6) is 0 Å². The number of unbranched alkanes of at least 4 members (excludes halogenated alkanes) is 1. The number of hydrogen-bond donors (Lipinski definition) is 1. The van der Waals surface area contributed by atoms with E-state index in [0.29, 0.717) is 23.7 Å². The van der Waals surface area contributed by atoms with E-state index >= 15 is 0 Å². The maximum absolute atomic E-state index is 12.2. The summed E-state index contributed by atoms with van der Waals surface area (Å²) in [4.78, 5) is 31.1. The number of aryl methyl sites for hydroxylation is 1. The summed E-state index contributed by atoms with van der Waals surface area (Å²) < 4.78 is 4.91. The fourth-order valence-electron chi connectivity index (χ4n) is 2.03. The van der Waals surface area contributed by atoms with Gasteiger partial charge in [0.25, 0.3) is 5.56 Å². The normalized spacial score (nSPS) is 10.8. The van der Waals surface area contributed by atoms with Crippen molar-refractivity contribution in [2.24, 2.45) is 0 Å². The third-order valence-corrected chi connectivity index (χ3v) is 3.04. The molecule has 0 amide bonds. The Hall–Kier alpha value is -1.65. The molecule has 5 heteroatoms. The number of aromatic amines is 1. The number of ether oxygens (including phenoxy) is 1. The van der Waals surface area contributed by atoms with E-state index in [-0.39, 0.29) is 23.9 Å². The standard InChI is InChI=1S/C15H24N2O3/c1-5-7-8-12-16-14(10(3)4)11(15(19)17-12)9-13(18)20-6-2/h10H,5-9H2,1-4H3,(H,16,17,19). The summed E-state index contributed by atoms with van der Waals surface area (Å²) in [6.07, 6.45) is 2.77. The Kier molecular flexibility index (Phi) is 6.42. The third kappa shape index (κ3) is 4.47. The summed E-state index contributed by atoms with van der Waals surface area (Å²) in [6.45, 7) is 8.10. The molecule has 0 aliphatic heterocycles. The average Bonchev–Trinajstić information content (AvgIpc) is 2.38. The zero-order valence-corrected chi connectivity index (χ0v) is 12.8. The molecule has 0 atom stereocenters. The van der Waals surface area contributed by atoms with Crippen molar-refractivity contribution in [1.29, 1.82) is 0 Å². The van der Waals surface area contributed by atoms with Crippen molar-refractivity contribution >= 4 is 5.97 Å². The summed E-state index contributed by atoms with van der Waals surface area (Å²) in [6, 6.07) is 0. The van der Waals surface area contributed by atoms with E-state index in [9.17, 15) is 9.59 Å². The van der Waals surface area contributed by atoms with Gasteiger partial charge in [-0.1, -0.05) is 27.2 Å². The largest absolute Gasteiger partial charge is 0.466 e. The third-order valence-electron chi connectivity index (χ3n) is 3.04. The average molecular weight is 280 g/mol. The van der Waals surface area contributed by atoms with Gasteiger partial charge in [-0.05, 0) is 19.3 Å². The summed E-state index contributed by atoms with van der Waals surface area (Å²) in [5.41, 5.74) is 0.912. The summed E-state index contributed by atoms with van der Waals surface area (Å²) >= 11 is 0. The van der Waals surface area contributed by atoms with Crippen molar-refractivity contribution in [3.63, 3.8) is 0 Å². The van der Waals surface area contributed by atoms with Crippen LogP contribution in [0.25, 0.3) is 0 Å². The lowest BCUT2D eigenvalue weighted by atomic mass is 10.0. The first-order valence-corrected chi connectivity index (χ1v) is 7.27. The van der Waals surface area contributed by atoms with E-state index in [1.807, 2.05) is 13.8 Å². The number of carbonyl (C=O) groups excluding carboxylic acids is 1. The maximum atomic E-state index is 12.2. The van der Waals surface area contributed by atoms with Crippen molar-refractivity contribution in [1.82, 2.24) is 9.97 Å². The minimum Gasteiger partial charge on any atom is -0.466 e. The van der Waals surface area contributed by atoms with Gasteiger partial charge >= 0.3 is 5.97 Å². The molecule has 5 nitrogen and oxygen atoms in total. The van der Waals surface area contributed by atoms with Crippen LogP contribution in [0.4, 0.5) is 0 Å². The van der Waals surface area contributed by atoms with Crippen molar-refractivity contribution in [2.75, 3.05) is 6.61 Å². The number of aromatic nitrogens is 2. The van der Waals surface area contributed by atoms with Crippen LogP contribution in [-0.2, 0) is 22.4 Å². The van der Waals surface area contributed by atoms with E-state index in [2.05, 4.69) is 16.9 Å². The van der Waals surface area contributed by atoms with Gasteiger partial charge in [0.15, 0.2) is 0 Å². The Labute approximate surface area is 119 Å². The lowest BCUT2D eigenvalue weighted by molar-refractivity contribution is -0.142. The van der Waals surface area contributed by atoms with Gasteiger partial charge in [-0.25, -0.2) is 4.98 Å². The van der Waals surface area contributed by atoms with E-state index in [1.54, 1.807) is 6.92 Å². The van der Waals surface area contributed by atoms with Gasteiger partial charge in [0.05, 0.1) is 24.3 Å². The van der Waals surface area contributed by atoms with Crippen LogP contribution in [0, 0.1) is 0 Å². The molecule has 0 fully saturated rings. The molecule has 1 aromatic heterocycles. The van der Waals surface area contributed by atoms with Crippen molar-refractivity contribution in [3.8, 4) is 0 Å². The molecular weight excluding hydrogens is 256 g/mol. The first kappa shape index (κ1) is 16.4. The second-order valence-electron chi connectivity index (χ2n) is 5.12. The predicted molar refractivity (Wildman–Crippen MR) is 77.9 cm³/mol. The second-order valence-corrected chi connectivity index (χ2v) is 5.12. The summed E-state index contributed by atoms with van der Waals surface area (Å²) in [7, 11) is 0. The Bertz CT molecular complexity index is 506. The van der Waals surface area contributed by atoms with Crippen LogP contribution in [0.15, 0.2) is 4.79 Å². The molecule has 1 aromatic rings. The minimum absolute atomic E-state index is 0.0161. The summed E-state index contributed by atoms with van der Waals surface area (Å²) in [5, 5.41) is 0.